The Bertz CT molecular complexity index is 52.9. The van der Waals surface area contributed by atoms with Gasteiger partial charge in [-0.2, -0.15) is 0 Å². The third kappa shape index (κ3) is 63.0. The minimum atomic E-state index is 0. The van der Waals surface area contributed by atoms with E-state index in [0.29, 0.717) is 13.1 Å². The van der Waals surface area contributed by atoms with E-state index >= 15 is 0 Å². The number of hydrogen-bond donors (Lipinski definition) is 3. The summed E-state index contributed by atoms with van der Waals surface area (Å²) in [4.78, 5) is 0. The fourth-order valence-corrected chi connectivity index (χ4v) is 0.332. The van der Waals surface area contributed by atoms with E-state index in [0.717, 1.165) is 6.42 Å². The summed E-state index contributed by atoms with van der Waals surface area (Å²) in [6.07, 6.45) is 0.830. The van der Waals surface area contributed by atoms with Crippen LogP contribution < -0.4 is 17.2 Å². The van der Waals surface area contributed by atoms with Crippen LogP contribution >= 0.6 is 99.3 Å². The third-order valence-electron chi connectivity index (χ3n) is 0.840. The fraction of sp³-hybridized carbons (Fsp3) is 1.00. The van der Waals surface area contributed by atoms with Crippen LogP contribution in [0.4, 0.5) is 0 Å². The molecule has 0 aromatic carbocycles. The minimum Gasteiger partial charge on any atom is -0.330 e. The molecule has 0 saturated carbocycles. The van der Waals surface area contributed by atoms with Crippen LogP contribution in [0.5, 0.6) is 0 Å². The maximum Gasteiger partial charge on any atom is 0.0175 e. The van der Waals surface area contributed by atoms with Crippen LogP contribution in [0.1, 0.15) is 6.42 Å². The minimum absolute atomic E-state index is 0. The topological polar surface area (TPSA) is 78.1 Å². The Balaban J connectivity index is -0.00000000643. The molecule has 11 heteroatoms. The van der Waals surface area contributed by atoms with Crippen molar-refractivity contribution in [3.8, 4) is 0 Å². The highest BCUT2D eigenvalue weighted by molar-refractivity contribution is 5.86. The van der Waals surface area contributed by atoms with Gasteiger partial charge in [-0.1, -0.05) is 0 Å². The summed E-state index contributed by atoms with van der Waals surface area (Å²) in [5.74, 6) is 0. The summed E-state index contributed by atoms with van der Waals surface area (Å²) in [5, 5.41) is 0. The molecule has 0 rings (SSSR count). The molecule has 0 radical (unpaired) electrons. The van der Waals surface area contributed by atoms with E-state index < -0.39 is 0 Å². The predicted molar refractivity (Wildman–Crippen MR) is 88.7 cm³/mol. The average Bonchev–Trinajstić information content (AvgIpc) is 1.68. The molecular formula is C4H21Cl8N3. The van der Waals surface area contributed by atoms with Gasteiger partial charge in [-0.25, -0.2) is 0 Å². The average molecular weight is 395 g/mol. The standard InChI is InChI=1S/C4H13N3.8ClH/c5-2-1-4(7)3-6;;;;;;;;/h4H,1-3,5-7H2;8*1H. The smallest absolute Gasteiger partial charge is 0.0175 e. The molecule has 3 nitrogen and oxygen atoms in total. The monoisotopic (exact) mass is 391 g/mol. The van der Waals surface area contributed by atoms with Crippen LogP contribution in [0.25, 0.3) is 0 Å². The van der Waals surface area contributed by atoms with Gasteiger partial charge in [0.2, 0.25) is 0 Å². The molecule has 0 heterocycles. The molecule has 15 heavy (non-hydrogen) atoms. The van der Waals surface area contributed by atoms with E-state index in [1.165, 1.54) is 0 Å². The van der Waals surface area contributed by atoms with Crippen LogP contribution in [0.15, 0.2) is 0 Å². The maximum atomic E-state index is 5.38. The first-order valence-corrected chi connectivity index (χ1v) is 2.47. The van der Waals surface area contributed by atoms with Crippen molar-refractivity contribution in [3.63, 3.8) is 0 Å². The van der Waals surface area contributed by atoms with Gasteiger partial charge in [0, 0.05) is 12.6 Å². The maximum absolute atomic E-state index is 5.38. The molecule has 0 aliphatic rings. The Hall–Kier alpha value is 2.20. The summed E-state index contributed by atoms with van der Waals surface area (Å²) < 4.78 is 0. The molecule has 0 bridgehead atoms. The van der Waals surface area contributed by atoms with Crippen molar-refractivity contribution in [1.82, 2.24) is 0 Å². The molecule has 1 unspecified atom stereocenters. The zero-order chi connectivity index (χ0) is 5.70. The highest BCUT2D eigenvalue weighted by Crippen LogP contribution is 1.77. The largest absolute Gasteiger partial charge is 0.330 e. The van der Waals surface area contributed by atoms with Gasteiger partial charge in [-0.05, 0) is 13.0 Å². The van der Waals surface area contributed by atoms with E-state index in [9.17, 15) is 0 Å². The van der Waals surface area contributed by atoms with Gasteiger partial charge >= 0.3 is 0 Å². The molecule has 0 spiro atoms. The SMILES string of the molecule is Cl.Cl.Cl.Cl.Cl.Cl.Cl.Cl.NCCC(N)CN. The normalized spacial score (nSPS) is 6.60. The lowest BCUT2D eigenvalue weighted by atomic mass is 10.2. The van der Waals surface area contributed by atoms with Crippen LogP contribution in [-0.4, -0.2) is 19.1 Å². The molecule has 0 aromatic rings. The second kappa shape index (κ2) is 55.7. The first kappa shape index (κ1) is 67.1. The van der Waals surface area contributed by atoms with Crippen molar-refractivity contribution in [2.75, 3.05) is 13.1 Å². The predicted octanol–water partition coefficient (Wildman–Crippen LogP) is 2.00. The van der Waals surface area contributed by atoms with Gasteiger partial charge in [-0.15, -0.1) is 99.3 Å². The number of hydrogen-bond acceptors (Lipinski definition) is 3. The summed E-state index contributed by atoms with van der Waals surface area (Å²) in [7, 11) is 0. The fourth-order valence-electron chi connectivity index (χ4n) is 0.332. The van der Waals surface area contributed by atoms with E-state index in [-0.39, 0.29) is 105 Å². The van der Waals surface area contributed by atoms with Crippen LogP contribution in [-0.2, 0) is 0 Å². The van der Waals surface area contributed by atoms with Crippen molar-refractivity contribution in [3.05, 3.63) is 0 Å². The molecule has 0 amide bonds. The molecule has 0 fully saturated rings. The first-order chi connectivity index (χ1) is 3.31. The van der Waals surface area contributed by atoms with Crippen molar-refractivity contribution < 1.29 is 0 Å². The van der Waals surface area contributed by atoms with Crippen molar-refractivity contribution in [2.24, 2.45) is 17.2 Å². The second-order valence-electron chi connectivity index (χ2n) is 1.57. The molecule has 1 atom stereocenters. The molecule has 6 N–H and O–H groups in total. The Morgan fingerprint density at radius 3 is 1.00 bits per heavy atom. The summed E-state index contributed by atoms with van der Waals surface area (Å²) >= 11 is 0. The van der Waals surface area contributed by atoms with E-state index in [1.807, 2.05) is 0 Å². The zero-order valence-corrected chi connectivity index (χ0v) is 14.2. The van der Waals surface area contributed by atoms with E-state index in [2.05, 4.69) is 0 Å². The molecule has 0 aliphatic heterocycles. The van der Waals surface area contributed by atoms with Crippen LogP contribution in [0.2, 0.25) is 0 Å². The molecule has 0 aliphatic carbocycles. The summed E-state index contributed by atoms with van der Waals surface area (Å²) in [5.41, 5.74) is 15.7. The Morgan fingerprint density at radius 1 is 0.667 bits per heavy atom. The summed E-state index contributed by atoms with van der Waals surface area (Å²) in [6, 6.07) is 0.102. The Kier molecular flexibility index (Phi) is 249. The Morgan fingerprint density at radius 2 is 0.933 bits per heavy atom. The zero-order valence-electron chi connectivity index (χ0n) is 7.70. The van der Waals surface area contributed by atoms with Gasteiger partial charge in [-0.3, -0.25) is 0 Å². The molecule has 108 valence electrons. The van der Waals surface area contributed by atoms with Crippen LogP contribution in [0.3, 0.4) is 0 Å². The quantitative estimate of drug-likeness (QED) is 0.685. The van der Waals surface area contributed by atoms with Crippen LogP contribution in [0, 0.1) is 0 Å². The van der Waals surface area contributed by atoms with E-state index in [4.69, 9.17) is 17.2 Å². The number of nitrogens with two attached hydrogens (primary N) is 3. The molecule has 0 aromatic heterocycles. The molecular weight excluding hydrogens is 374 g/mol. The highest BCUT2D eigenvalue weighted by atomic mass is 35.5. The third-order valence-corrected chi connectivity index (χ3v) is 0.840. The van der Waals surface area contributed by atoms with Gasteiger partial charge < -0.3 is 17.2 Å². The van der Waals surface area contributed by atoms with Gasteiger partial charge in [0.15, 0.2) is 0 Å². The lowest BCUT2D eigenvalue weighted by Gasteiger charge is -2.03. The van der Waals surface area contributed by atoms with Crippen molar-refractivity contribution >= 4 is 99.3 Å². The van der Waals surface area contributed by atoms with Crippen molar-refractivity contribution in [1.29, 1.82) is 0 Å². The lowest BCUT2D eigenvalue weighted by molar-refractivity contribution is 0.631. The number of rotatable bonds is 3. The first-order valence-electron chi connectivity index (χ1n) is 2.47. The van der Waals surface area contributed by atoms with Gasteiger partial charge in [0.25, 0.3) is 0 Å². The van der Waals surface area contributed by atoms with Crippen molar-refractivity contribution in [2.45, 2.75) is 12.5 Å². The Labute approximate surface area is 141 Å². The summed E-state index contributed by atoms with van der Waals surface area (Å²) in [6.45, 7) is 1.18. The molecule has 0 saturated heterocycles. The van der Waals surface area contributed by atoms with E-state index in [1.54, 1.807) is 0 Å². The van der Waals surface area contributed by atoms with Gasteiger partial charge in [0.05, 0.1) is 0 Å². The number of halogens is 8. The second-order valence-corrected chi connectivity index (χ2v) is 1.57. The highest BCUT2D eigenvalue weighted by Gasteiger charge is 1.93. The van der Waals surface area contributed by atoms with Gasteiger partial charge in [0.1, 0.15) is 0 Å². The lowest BCUT2D eigenvalue weighted by Crippen LogP contribution is -2.31.